The molecular formula is C11H21N5O2S2. The fraction of sp³-hybridized carbons (Fsp3) is 0.818. The summed E-state index contributed by atoms with van der Waals surface area (Å²) in [6, 6.07) is 0.342. The number of aromatic nitrogens is 2. The molecular weight excluding hydrogens is 298 g/mol. The van der Waals surface area contributed by atoms with Crippen LogP contribution < -0.4 is 10.0 Å². The molecule has 0 radical (unpaired) electrons. The third-order valence-electron chi connectivity index (χ3n) is 3.22. The molecule has 1 fully saturated rings. The molecule has 1 aromatic heterocycles. The number of piperidine rings is 1. The van der Waals surface area contributed by atoms with E-state index in [0.29, 0.717) is 24.3 Å². The van der Waals surface area contributed by atoms with E-state index in [0.717, 1.165) is 19.3 Å². The molecule has 20 heavy (non-hydrogen) atoms. The summed E-state index contributed by atoms with van der Waals surface area (Å²) in [5.74, 6) is 0. The number of hydrogen-bond donors (Lipinski definition) is 2. The number of hydrogen-bond acceptors (Lipinski definition) is 6. The predicted molar refractivity (Wildman–Crippen MR) is 79.9 cm³/mol. The maximum atomic E-state index is 12.4. The fourth-order valence-electron chi connectivity index (χ4n) is 2.25. The molecule has 1 unspecified atom stereocenters. The van der Waals surface area contributed by atoms with Gasteiger partial charge >= 0.3 is 10.2 Å². The van der Waals surface area contributed by atoms with E-state index in [2.05, 4.69) is 34.1 Å². The Morgan fingerprint density at radius 2 is 2.30 bits per heavy atom. The van der Waals surface area contributed by atoms with Crippen molar-refractivity contribution in [2.45, 2.75) is 45.2 Å². The summed E-state index contributed by atoms with van der Waals surface area (Å²) in [5, 5.41) is 11.0. The fourth-order valence-corrected chi connectivity index (χ4v) is 4.37. The van der Waals surface area contributed by atoms with Crippen LogP contribution in [0.25, 0.3) is 0 Å². The minimum absolute atomic E-state index is 0.00317. The Hall–Kier alpha value is -0.770. The van der Waals surface area contributed by atoms with E-state index in [4.69, 9.17) is 0 Å². The van der Waals surface area contributed by atoms with Gasteiger partial charge in [0.2, 0.25) is 5.13 Å². The Balaban J connectivity index is 2.06. The first-order valence-corrected chi connectivity index (χ1v) is 9.10. The molecule has 114 valence electrons. The second kappa shape index (κ2) is 6.79. The van der Waals surface area contributed by atoms with Crippen molar-refractivity contribution in [2.24, 2.45) is 0 Å². The zero-order chi connectivity index (χ0) is 14.6. The van der Waals surface area contributed by atoms with Crippen molar-refractivity contribution in [3.05, 3.63) is 5.51 Å². The third kappa shape index (κ3) is 4.11. The molecule has 1 saturated heterocycles. The first-order chi connectivity index (χ1) is 9.49. The summed E-state index contributed by atoms with van der Waals surface area (Å²) in [6.07, 6.45) is 2.85. The summed E-state index contributed by atoms with van der Waals surface area (Å²) in [6.45, 7) is 5.34. The average molecular weight is 319 g/mol. The van der Waals surface area contributed by atoms with Gasteiger partial charge in [-0.05, 0) is 12.8 Å². The minimum atomic E-state index is -3.55. The lowest BCUT2D eigenvalue weighted by atomic mass is 10.0. The Morgan fingerprint density at radius 1 is 1.50 bits per heavy atom. The molecule has 0 spiro atoms. The number of nitrogens with zero attached hydrogens (tertiary/aromatic N) is 3. The van der Waals surface area contributed by atoms with E-state index < -0.39 is 10.2 Å². The van der Waals surface area contributed by atoms with E-state index in [1.807, 2.05) is 0 Å². The lowest BCUT2D eigenvalue weighted by Gasteiger charge is -2.34. The highest BCUT2D eigenvalue weighted by Crippen LogP contribution is 2.22. The van der Waals surface area contributed by atoms with Crippen LogP contribution in [0.5, 0.6) is 0 Å². The van der Waals surface area contributed by atoms with E-state index in [1.165, 1.54) is 16.8 Å². The largest absolute Gasteiger partial charge is 0.313 e. The second-order valence-corrected chi connectivity index (χ2v) is 7.63. The van der Waals surface area contributed by atoms with Gasteiger partial charge in [-0.2, -0.15) is 12.7 Å². The van der Waals surface area contributed by atoms with Crippen LogP contribution in [0.15, 0.2) is 5.51 Å². The van der Waals surface area contributed by atoms with Gasteiger partial charge in [0, 0.05) is 25.2 Å². The summed E-state index contributed by atoms with van der Waals surface area (Å²) < 4.78 is 28.9. The van der Waals surface area contributed by atoms with Gasteiger partial charge < -0.3 is 5.32 Å². The van der Waals surface area contributed by atoms with Gasteiger partial charge in [-0.15, -0.1) is 10.2 Å². The van der Waals surface area contributed by atoms with Crippen LogP contribution >= 0.6 is 11.3 Å². The molecule has 1 aliphatic heterocycles. The van der Waals surface area contributed by atoms with Gasteiger partial charge in [-0.3, -0.25) is 0 Å². The van der Waals surface area contributed by atoms with Crippen molar-refractivity contribution < 1.29 is 8.42 Å². The molecule has 1 atom stereocenters. The third-order valence-corrected chi connectivity index (χ3v) is 5.51. The van der Waals surface area contributed by atoms with Crippen LogP contribution in [-0.4, -0.2) is 48.1 Å². The van der Waals surface area contributed by atoms with Crippen LogP contribution in [0.2, 0.25) is 0 Å². The van der Waals surface area contributed by atoms with Gasteiger partial charge in [0.15, 0.2) is 0 Å². The molecule has 2 N–H and O–H groups in total. The molecule has 1 aromatic rings. The Morgan fingerprint density at radius 3 is 2.95 bits per heavy atom. The van der Waals surface area contributed by atoms with Crippen LogP contribution in [0.3, 0.4) is 0 Å². The van der Waals surface area contributed by atoms with E-state index in [1.54, 1.807) is 4.31 Å². The number of nitrogens with one attached hydrogen (secondary N) is 2. The smallest absolute Gasteiger partial charge is 0.303 e. The molecule has 0 amide bonds. The summed E-state index contributed by atoms with van der Waals surface area (Å²) in [5.41, 5.74) is 1.51. The standard InChI is InChI=1S/C11H21N5O2S2/c1-9(2)12-7-10-5-3-4-6-16(10)20(17,18)15-11-14-13-8-19-11/h8-10,12H,3-7H2,1-2H3,(H,14,15). The molecule has 0 saturated carbocycles. The van der Waals surface area contributed by atoms with Crippen molar-refractivity contribution in [1.29, 1.82) is 0 Å². The molecule has 2 rings (SSSR count). The van der Waals surface area contributed by atoms with Crippen molar-refractivity contribution in [3.63, 3.8) is 0 Å². The topological polar surface area (TPSA) is 87.2 Å². The summed E-state index contributed by atoms with van der Waals surface area (Å²) in [4.78, 5) is 0. The maximum Gasteiger partial charge on any atom is 0.303 e. The zero-order valence-corrected chi connectivity index (χ0v) is 13.4. The van der Waals surface area contributed by atoms with Crippen molar-refractivity contribution >= 4 is 26.7 Å². The van der Waals surface area contributed by atoms with Crippen molar-refractivity contribution in [1.82, 2.24) is 19.8 Å². The molecule has 0 aliphatic carbocycles. The summed E-state index contributed by atoms with van der Waals surface area (Å²) in [7, 11) is -3.55. The second-order valence-electron chi connectivity index (χ2n) is 5.17. The monoisotopic (exact) mass is 319 g/mol. The Labute approximate surface area is 124 Å². The van der Waals surface area contributed by atoms with Crippen LogP contribution in [0.4, 0.5) is 5.13 Å². The normalized spacial score (nSPS) is 21.2. The first kappa shape index (κ1) is 15.6. The van der Waals surface area contributed by atoms with Gasteiger partial charge in [-0.25, -0.2) is 4.72 Å². The average Bonchev–Trinajstić information content (AvgIpc) is 2.88. The molecule has 2 heterocycles. The zero-order valence-electron chi connectivity index (χ0n) is 11.7. The number of anilines is 1. The molecule has 7 nitrogen and oxygen atoms in total. The lowest BCUT2D eigenvalue weighted by molar-refractivity contribution is 0.243. The quantitative estimate of drug-likeness (QED) is 0.818. The Bertz CT molecular complexity index is 503. The van der Waals surface area contributed by atoms with Gasteiger partial charge in [0.1, 0.15) is 5.51 Å². The maximum absolute atomic E-state index is 12.4. The highest BCUT2D eigenvalue weighted by molar-refractivity contribution is 7.90. The van der Waals surface area contributed by atoms with E-state index in [-0.39, 0.29) is 6.04 Å². The number of rotatable bonds is 6. The minimum Gasteiger partial charge on any atom is -0.313 e. The highest BCUT2D eigenvalue weighted by atomic mass is 32.2. The first-order valence-electron chi connectivity index (χ1n) is 6.78. The predicted octanol–water partition coefficient (Wildman–Crippen LogP) is 1.05. The van der Waals surface area contributed by atoms with Gasteiger partial charge in [-0.1, -0.05) is 31.6 Å². The van der Waals surface area contributed by atoms with E-state index in [9.17, 15) is 8.42 Å². The lowest BCUT2D eigenvalue weighted by Crippen LogP contribution is -2.51. The van der Waals surface area contributed by atoms with E-state index >= 15 is 0 Å². The molecule has 0 bridgehead atoms. The van der Waals surface area contributed by atoms with Crippen molar-refractivity contribution in [2.75, 3.05) is 17.8 Å². The van der Waals surface area contributed by atoms with Crippen LogP contribution in [0.1, 0.15) is 33.1 Å². The SMILES string of the molecule is CC(C)NCC1CCCCN1S(=O)(=O)Nc1nncs1. The van der Waals surface area contributed by atoms with Crippen LogP contribution in [0, 0.1) is 0 Å². The van der Waals surface area contributed by atoms with Gasteiger partial charge in [0.25, 0.3) is 0 Å². The summed E-state index contributed by atoms with van der Waals surface area (Å²) >= 11 is 1.18. The Kier molecular flexibility index (Phi) is 5.30. The molecule has 1 aliphatic rings. The highest BCUT2D eigenvalue weighted by Gasteiger charge is 2.32. The molecule has 9 heteroatoms. The van der Waals surface area contributed by atoms with Crippen LogP contribution in [-0.2, 0) is 10.2 Å². The van der Waals surface area contributed by atoms with Gasteiger partial charge in [0.05, 0.1) is 0 Å². The molecule has 0 aromatic carbocycles. The van der Waals surface area contributed by atoms with Crippen molar-refractivity contribution in [3.8, 4) is 0 Å².